The second-order valence-corrected chi connectivity index (χ2v) is 4.03. The molecule has 0 aliphatic heterocycles. The van der Waals surface area contributed by atoms with Gasteiger partial charge in [0.05, 0.1) is 0 Å². The van der Waals surface area contributed by atoms with Crippen LogP contribution in [-0.4, -0.2) is 19.0 Å². The highest BCUT2D eigenvalue weighted by atomic mass is 16.1. The van der Waals surface area contributed by atoms with Crippen LogP contribution < -0.4 is 10.6 Å². The Labute approximate surface area is 89.9 Å². The van der Waals surface area contributed by atoms with Crippen molar-refractivity contribution in [2.24, 2.45) is 0 Å². The molecule has 0 bridgehead atoms. The van der Waals surface area contributed by atoms with Crippen LogP contribution in [-0.2, 0) is 0 Å². The summed E-state index contributed by atoms with van der Waals surface area (Å²) in [4.78, 5) is 11.7. The zero-order valence-electron chi connectivity index (χ0n) is 9.13. The number of hydrogen-bond acceptors (Lipinski definition) is 2. The van der Waals surface area contributed by atoms with E-state index in [-0.39, 0.29) is 5.91 Å². The van der Waals surface area contributed by atoms with E-state index in [0.29, 0.717) is 6.04 Å². The molecular formula is C12H16N2O. The molecule has 3 nitrogen and oxygen atoms in total. The summed E-state index contributed by atoms with van der Waals surface area (Å²) in [5, 5.41) is 6.06. The first-order chi connectivity index (χ1) is 7.20. The minimum absolute atomic E-state index is 0.0447. The quantitative estimate of drug-likeness (QED) is 0.790. The van der Waals surface area contributed by atoms with Gasteiger partial charge in [-0.2, -0.15) is 0 Å². The summed E-state index contributed by atoms with van der Waals surface area (Å²) in [6.07, 6.45) is 2.25. The molecule has 0 atom stereocenters. The lowest BCUT2D eigenvalue weighted by Gasteiger charge is -2.08. The molecule has 1 aliphatic rings. The Bertz CT molecular complexity index is 383. The molecule has 1 amide bonds. The van der Waals surface area contributed by atoms with Gasteiger partial charge in [-0.25, -0.2) is 0 Å². The number of amides is 1. The van der Waals surface area contributed by atoms with Gasteiger partial charge in [-0.1, -0.05) is 0 Å². The summed E-state index contributed by atoms with van der Waals surface area (Å²) in [7, 11) is 1.88. The van der Waals surface area contributed by atoms with Crippen molar-refractivity contribution in [2.75, 3.05) is 12.4 Å². The highest BCUT2D eigenvalue weighted by Gasteiger charge is 2.23. The van der Waals surface area contributed by atoms with Crippen LogP contribution in [0.4, 0.5) is 5.69 Å². The van der Waals surface area contributed by atoms with Gasteiger partial charge in [0, 0.05) is 24.3 Å². The van der Waals surface area contributed by atoms with Crippen LogP contribution in [0.3, 0.4) is 0 Å². The largest absolute Gasteiger partial charge is 0.388 e. The highest BCUT2D eigenvalue weighted by Crippen LogP contribution is 2.20. The molecule has 15 heavy (non-hydrogen) atoms. The van der Waals surface area contributed by atoms with Crippen molar-refractivity contribution in [3.8, 4) is 0 Å². The zero-order valence-corrected chi connectivity index (χ0v) is 9.13. The van der Waals surface area contributed by atoms with E-state index in [4.69, 9.17) is 0 Å². The fourth-order valence-corrected chi connectivity index (χ4v) is 1.58. The first-order valence-electron chi connectivity index (χ1n) is 5.30. The third-order valence-corrected chi connectivity index (χ3v) is 2.67. The van der Waals surface area contributed by atoms with E-state index < -0.39 is 0 Å². The van der Waals surface area contributed by atoms with E-state index in [1.54, 1.807) is 0 Å². The molecule has 3 heteroatoms. The van der Waals surface area contributed by atoms with Gasteiger partial charge in [-0.05, 0) is 43.5 Å². The van der Waals surface area contributed by atoms with E-state index in [0.717, 1.165) is 29.7 Å². The first-order valence-corrected chi connectivity index (χ1v) is 5.30. The molecule has 2 rings (SSSR count). The van der Waals surface area contributed by atoms with Crippen LogP contribution in [0.2, 0.25) is 0 Å². The molecule has 0 aromatic heterocycles. The Hall–Kier alpha value is -1.51. The predicted octanol–water partition coefficient (Wildman–Crippen LogP) is 1.93. The van der Waals surface area contributed by atoms with E-state index in [2.05, 4.69) is 10.6 Å². The number of carbonyl (C=O) groups excluding carboxylic acids is 1. The predicted molar refractivity (Wildman–Crippen MR) is 61.2 cm³/mol. The summed E-state index contributed by atoms with van der Waals surface area (Å²) in [5.74, 6) is 0.0447. The van der Waals surface area contributed by atoms with Gasteiger partial charge in [-0.15, -0.1) is 0 Å². The summed E-state index contributed by atoms with van der Waals surface area (Å²) >= 11 is 0. The molecule has 1 saturated carbocycles. The fraction of sp³-hybridized carbons (Fsp3) is 0.417. The van der Waals surface area contributed by atoms with Crippen molar-refractivity contribution >= 4 is 11.6 Å². The zero-order chi connectivity index (χ0) is 10.8. The van der Waals surface area contributed by atoms with Gasteiger partial charge in [-0.3, -0.25) is 4.79 Å². The van der Waals surface area contributed by atoms with Crippen molar-refractivity contribution < 1.29 is 4.79 Å². The van der Waals surface area contributed by atoms with Crippen LogP contribution in [0.5, 0.6) is 0 Å². The van der Waals surface area contributed by atoms with Crippen LogP contribution in [0.1, 0.15) is 28.8 Å². The molecular weight excluding hydrogens is 188 g/mol. The Morgan fingerprint density at radius 2 is 2.13 bits per heavy atom. The average molecular weight is 204 g/mol. The molecule has 0 unspecified atom stereocenters. The number of aryl methyl sites for hydroxylation is 1. The maximum Gasteiger partial charge on any atom is 0.251 e. The Kier molecular flexibility index (Phi) is 2.62. The van der Waals surface area contributed by atoms with Crippen LogP contribution in [0, 0.1) is 6.92 Å². The second-order valence-electron chi connectivity index (χ2n) is 4.03. The molecule has 0 spiro atoms. The lowest BCUT2D eigenvalue weighted by Crippen LogP contribution is -2.25. The number of rotatable bonds is 3. The van der Waals surface area contributed by atoms with Gasteiger partial charge >= 0.3 is 0 Å². The molecule has 1 fully saturated rings. The lowest BCUT2D eigenvalue weighted by molar-refractivity contribution is 0.0951. The highest BCUT2D eigenvalue weighted by molar-refractivity contribution is 5.95. The standard InChI is InChI=1S/C12H16N2O/c1-8-7-9(3-6-11(8)13-2)12(15)14-10-4-5-10/h3,6-7,10,13H,4-5H2,1-2H3,(H,14,15). The maximum absolute atomic E-state index is 11.7. The van der Waals surface area contributed by atoms with Crippen LogP contribution in [0.25, 0.3) is 0 Å². The van der Waals surface area contributed by atoms with Crippen LogP contribution in [0.15, 0.2) is 18.2 Å². The minimum Gasteiger partial charge on any atom is -0.388 e. The number of anilines is 1. The van der Waals surface area contributed by atoms with Gasteiger partial charge < -0.3 is 10.6 Å². The molecule has 0 heterocycles. The third-order valence-electron chi connectivity index (χ3n) is 2.67. The number of benzene rings is 1. The average Bonchev–Trinajstić information content (AvgIpc) is 3.01. The summed E-state index contributed by atoms with van der Waals surface area (Å²) in [6.45, 7) is 2.00. The summed E-state index contributed by atoms with van der Waals surface area (Å²) in [6, 6.07) is 6.14. The van der Waals surface area contributed by atoms with Crippen molar-refractivity contribution in [3.63, 3.8) is 0 Å². The van der Waals surface area contributed by atoms with Crippen molar-refractivity contribution in [2.45, 2.75) is 25.8 Å². The first kappa shape index (κ1) is 10.0. The Balaban J connectivity index is 2.13. The van der Waals surface area contributed by atoms with E-state index in [9.17, 15) is 4.79 Å². The van der Waals surface area contributed by atoms with Crippen molar-refractivity contribution in [1.82, 2.24) is 5.32 Å². The number of carbonyl (C=O) groups is 1. The minimum atomic E-state index is 0.0447. The fourth-order valence-electron chi connectivity index (χ4n) is 1.58. The number of hydrogen-bond donors (Lipinski definition) is 2. The van der Waals surface area contributed by atoms with Crippen LogP contribution >= 0.6 is 0 Å². The molecule has 1 aromatic rings. The molecule has 0 saturated heterocycles. The van der Waals surface area contributed by atoms with Gasteiger partial charge in [0.15, 0.2) is 0 Å². The molecule has 2 N–H and O–H groups in total. The summed E-state index contributed by atoms with van der Waals surface area (Å²) < 4.78 is 0. The molecule has 80 valence electrons. The Morgan fingerprint density at radius 3 is 2.67 bits per heavy atom. The maximum atomic E-state index is 11.7. The van der Waals surface area contributed by atoms with Gasteiger partial charge in [0.25, 0.3) is 5.91 Å². The lowest BCUT2D eigenvalue weighted by atomic mass is 10.1. The Morgan fingerprint density at radius 1 is 1.40 bits per heavy atom. The van der Waals surface area contributed by atoms with E-state index in [1.165, 1.54) is 0 Å². The topological polar surface area (TPSA) is 41.1 Å². The van der Waals surface area contributed by atoms with Crippen molar-refractivity contribution in [1.29, 1.82) is 0 Å². The second kappa shape index (κ2) is 3.93. The third kappa shape index (κ3) is 2.29. The monoisotopic (exact) mass is 204 g/mol. The van der Waals surface area contributed by atoms with Gasteiger partial charge in [0.1, 0.15) is 0 Å². The van der Waals surface area contributed by atoms with Gasteiger partial charge in [0.2, 0.25) is 0 Å². The smallest absolute Gasteiger partial charge is 0.251 e. The number of nitrogens with one attached hydrogen (secondary N) is 2. The van der Waals surface area contributed by atoms with E-state index >= 15 is 0 Å². The van der Waals surface area contributed by atoms with E-state index in [1.807, 2.05) is 32.2 Å². The summed E-state index contributed by atoms with van der Waals surface area (Å²) in [5.41, 5.74) is 2.91. The molecule has 1 aromatic carbocycles. The normalized spacial score (nSPS) is 14.8. The molecule has 1 aliphatic carbocycles. The molecule has 0 radical (unpaired) electrons. The SMILES string of the molecule is CNc1ccc(C(=O)NC2CC2)cc1C. The van der Waals surface area contributed by atoms with Crippen molar-refractivity contribution in [3.05, 3.63) is 29.3 Å².